The van der Waals surface area contributed by atoms with E-state index in [0.717, 1.165) is 17.5 Å². The molecule has 1 amide bonds. The van der Waals surface area contributed by atoms with Gasteiger partial charge in [-0.25, -0.2) is 9.97 Å². The fraction of sp³-hybridized carbons (Fsp3) is 0.296. The lowest BCUT2D eigenvalue weighted by Gasteiger charge is -2.13. The molecule has 0 bridgehead atoms. The van der Waals surface area contributed by atoms with Crippen LogP contribution in [-0.2, 0) is 4.79 Å². The maximum absolute atomic E-state index is 13.0. The first-order valence-corrected chi connectivity index (χ1v) is 13.2. The molecule has 0 aliphatic rings. The van der Waals surface area contributed by atoms with Crippen molar-refractivity contribution in [3.8, 4) is 16.9 Å². The molecular weight excluding hydrogens is 488 g/mol. The topological polar surface area (TPSA) is 122 Å². The zero-order chi connectivity index (χ0) is 26.2. The first-order chi connectivity index (χ1) is 18.0. The van der Waals surface area contributed by atoms with Crippen molar-refractivity contribution in [1.29, 1.82) is 0 Å². The van der Waals surface area contributed by atoms with E-state index in [1.807, 2.05) is 48.5 Å². The average Bonchev–Trinajstić information content (AvgIpc) is 3.37. The molecule has 0 saturated carbocycles. The fourth-order valence-corrected chi connectivity index (χ4v) is 4.66. The van der Waals surface area contributed by atoms with Gasteiger partial charge in [-0.15, -0.1) is 0 Å². The molecule has 2 heterocycles. The van der Waals surface area contributed by atoms with E-state index in [0.29, 0.717) is 45.7 Å². The minimum atomic E-state index is -0.312. The van der Waals surface area contributed by atoms with Gasteiger partial charge in [0, 0.05) is 17.4 Å². The number of hydrogen-bond donors (Lipinski definition) is 3. The molecule has 0 radical (unpaired) electrons. The first-order valence-electron chi connectivity index (χ1n) is 12.1. The lowest BCUT2D eigenvalue weighted by molar-refractivity contribution is -0.120. The third-order valence-corrected chi connectivity index (χ3v) is 7.28. The van der Waals surface area contributed by atoms with Crippen LogP contribution in [0.2, 0.25) is 0 Å². The van der Waals surface area contributed by atoms with Crippen LogP contribution in [0.4, 0.5) is 11.5 Å². The summed E-state index contributed by atoms with van der Waals surface area (Å²) in [5.74, 6) is 1.26. The lowest BCUT2D eigenvalue weighted by atomic mass is 10.0. The Bertz CT molecular complexity index is 1380. The molecule has 0 fully saturated rings. The largest absolute Gasteiger partial charge is 0.495 e. The second-order valence-electron chi connectivity index (χ2n) is 8.47. The monoisotopic (exact) mass is 518 g/mol. The Morgan fingerprint density at radius 3 is 2.68 bits per heavy atom. The van der Waals surface area contributed by atoms with E-state index in [4.69, 9.17) is 4.74 Å². The zero-order valence-corrected chi connectivity index (χ0v) is 21.9. The Labute approximate surface area is 219 Å². The minimum Gasteiger partial charge on any atom is -0.495 e. The van der Waals surface area contributed by atoms with Gasteiger partial charge in [0.2, 0.25) is 5.91 Å². The van der Waals surface area contributed by atoms with E-state index < -0.39 is 0 Å². The van der Waals surface area contributed by atoms with Crippen LogP contribution in [0, 0.1) is 0 Å². The summed E-state index contributed by atoms with van der Waals surface area (Å²) in [4.78, 5) is 33.8. The number of methoxy groups -OCH3 is 1. The molecule has 0 aliphatic carbocycles. The number of H-pyrrole nitrogens is 1. The second-order valence-corrected chi connectivity index (χ2v) is 10.0. The van der Waals surface area contributed by atoms with Gasteiger partial charge in [0.25, 0.3) is 0 Å². The number of fused-ring (bicyclic) bond motifs is 1. The van der Waals surface area contributed by atoms with Crippen molar-refractivity contribution >= 4 is 46.0 Å². The molecule has 1 unspecified atom stereocenters. The van der Waals surface area contributed by atoms with E-state index in [1.165, 1.54) is 6.33 Å². The molecule has 2 aromatic carbocycles. The van der Waals surface area contributed by atoms with E-state index in [1.54, 1.807) is 18.9 Å². The Morgan fingerprint density at radius 2 is 1.92 bits per heavy atom. The highest BCUT2D eigenvalue weighted by atomic mass is 32.2. The number of aromatic nitrogens is 4. The Hall–Kier alpha value is -3.92. The van der Waals surface area contributed by atoms with Gasteiger partial charge >= 0.3 is 0 Å². The number of Topliss-reactive ketones (excluding diaryl/α,β-unsaturated/α-hetero) is 1. The Morgan fingerprint density at radius 1 is 1.11 bits per heavy atom. The fourth-order valence-electron chi connectivity index (χ4n) is 3.72. The lowest BCUT2D eigenvalue weighted by Crippen LogP contribution is -2.30. The second kappa shape index (κ2) is 12.4. The smallest absolute Gasteiger partial charge is 0.221 e. The first kappa shape index (κ1) is 26.2. The molecule has 3 N–H and O–H groups in total. The maximum atomic E-state index is 13.0. The Kier molecular flexibility index (Phi) is 8.73. The van der Waals surface area contributed by atoms with Gasteiger partial charge < -0.3 is 15.4 Å². The summed E-state index contributed by atoms with van der Waals surface area (Å²) in [7, 11) is 1.59. The summed E-state index contributed by atoms with van der Waals surface area (Å²) in [5, 5.41) is 13.9. The number of benzene rings is 2. The standard InChI is InChI=1S/C27H30N6O3S/c1-4-17(2)37-13-12-23(35)28-15-21(34)25-24-26(29-16-30-27(24)33-32-25)31-20-14-19(10-11-22(20)36-3)18-8-6-5-7-9-18/h5-11,14,16-17H,4,12-13,15H2,1-3H3,(H,28,35)(H2,29,30,31,32,33). The van der Waals surface area contributed by atoms with Crippen LogP contribution in [0.3, 0.4) is 0 Å². The van der Waals surface area contributed by atoms with E-state index in [-0.39, 0.29) is 23.9 Å². The highest BCUT2D eigenvalue weighted by Crippen LogP contribution is 2.34. The number of amides is 1. The van der Waals surface area contributed by atoms with Crippen LogP contribution >= 0.6 is 11.8 Å². The molecule has 0 saturated heterocycles. The highest BCUT2D eigenvalue weighted by molar-refractivity contribution is 7.99. The summed E-state index contributed by atoms with van der Waals surface area (Å²) in [6, 6.07) is 15.8. The molecular formula is C27H30N6O3S. The minimum absolute atomic E-state index is 0.148. The summed E-state index contributed by atoms with van der Waals surface area (Å²) < 4.78 is 5.55. The number of hydrogen-bond acceptors (Lipinski definition) is 8. The summed E-state index contributed by atoms with van der Waals surface area (Å²) in [5.41, 5.74) is 3.29. The molecule has 37 heavy (non-hydrogen) atoms. The quantitative estimate of drug-likeness (QED) is 0.224. The van der Waals surface area contributed by atoms with Gasteiger partial charge in [-0.3, -0.25) is 14.7 Å². The van der Waals surface area contributed by atoms with Gasteiger partial charge in [-0.1, -0.05) is 50.2 Å². The Balaban J connectivity index is 1.53. The molecule has 2 aromatic heterocycles. The number of rotatable bonds is 12. The number of aromatic amines is 1. The van der Waals surface area contributed by atoms with Crippen LogP contribution in [0.5, 0.6) is 5.75 Å². The van der Waals surface area contributed by atoms with Crippen LogP contribution in [0.15, 0.2) is 54.9 Å². The van der Waals surface area contributed by atoms with Gasteiger partial charge in [-0.05, 0) is 29.7 Å². The van der Waals surface area contributed by atoms with E-state index >= 15 is 0 Å². The number of nitrogens with one attached hydrogen (secondary N) is 3. The van der Waals surface area contributed by atoms with E-state index in [2.05, 4.69) is 44.6 Å². The van der Waals surface area contributed by atoms with Crippen LogP contribution in [0.1, 0.15) is 37.2 Å². The summed E-state index contributed by atoms with van der Waals surface area (Å²) in [6.07, 6.45) is 2.79. The van der Waals surface area contributed by atoms with Gasteiger partial charge in [0.15, 0.2) is 11.4 Å². The van der Waals surface area contributed by atoms with Gasteiger partial charge in [0.05, 0.1) is 24.7 Å². The molecule has 1 atom stereocenters. The van der Waals surface area contributed by atoms with Gasteiger partial charge in [0.1, 0.15) is 23.6 Å². The number of nitrogens with zero attached hydrogens (tertiary/aromatic N) is 3. The van der Waals surface area contributed by atoms with Crippen molar-refractivity contribution in [1.82, 2.24) is 25.5 Å². The number of anilines is 2. The van der Waals surface area contributed by atoms with Crippen molar-refractivity contribution in [2.24, 2.45) is 0 Å². The number of thioether (sulfide) groups is 1. The van der Waals surface area contributed by atoms with Crippen molar-refractivity contribution in [2.75, 3.05) is 24.7 Å². The molecule has 9 nitrogen and oxygen atoms in total. The predicted molar refractivity (Wildman–Crippen MR) is 148 cm³/mol. The third-order valence-electron chi connectivity index (χ3n) is 5.94. The predicted octanol–water partition coefficient (Wildman–Crippen LogP) is 4.99. The number of carbonyl (C=O) groups is 2. The molecule has 4 rings (SSSR count). The molecule has 192 valence electrons. The average molecular weight is 519 g/mol. The van der Waals surface area contributed by atoms with Crippen molar-refractivity contribution in [3.05, 3.63) is 60.6 Å². The van der Waals surface area contributed by atoms with Crippen molar-refractivity contribution < 1.29 is 14.3 Å². The summed E-state index contributed by atoms with van der Waals surface area (Å²) >= 11 is 1.75. The van der Waals surface area contributed by atoms with Crippen LogP contribution < -0.4 is 15.4 Å². The highest BCUT2D eigenvalue weighted by Gasteiger charge is 2.20. The SMILES string of the molecule is CCC(C)SCCC(=O)NCC(=O)c1[nH]nc2ncnc(Nc3cc(-c4ccccc4)ccc3OC)c12. The normalized spacial score (nSPS) is 11.8. The van der Waals surface area contributed by atoms with Crippen LogP contribution in [0.25, 0.3) is 22.2 Å². The van der Waals surface area contributed by atoms with Crippen molar-refractivity contribution in [3.63, 3.8) is 0 Å². The molecule has 4 aromatic rings. The third kappa shape index (κ3) is 6.45. The zero-order valence-electron chi connectivity index (χ0n) is 21.1. The maximum Gasteiger partial charge on any atom is 0.221 e. The van der Waals surface area contributed by atoms with Gasteiger partial charge in [-0.2, -0.15) is 16.9 Å². The summed E-state index contributed by atoms with van der Waals surface area (Å²) in [6.45, 7) is 4.11. The molecule has 0 aliphatic heterocycles. The van der Waals surface area contributed by atoms with Crippen molar-refractivity contribution in [2.45, 2.75) is 31.9 Å². The molecule has 0 spiro atoms. The molecule has 10 heteroatoms. The van der Waals surface area contributed by atoms with Crippen LogP contribution in [-0.4, -0.2) is 56.5 Å². The number of ether oxygens (including phenoxy) is 1. The number of ketones is 1. The number of carbonyl (C=O) groups excluding carboxylic acids is 2. The van der Waals surface area contributed by atoms with E-state index in [9.17, 15) is 9.59 Å².